The molecule has 144 valence electrons. The van der Waals surface area contributed by atoms with Crippen LogP contribution in [0.5, 0.6) is 0 Å². The molecule has 0 saturated carbocycles. The second-order valence-corrected chi connectivity index (χ2v) is 6.71. The van der Waals surface area contributed by atoms with Crippen LogP contribution >= 0.6 is 0 Å². The average Bonchev–Trinajstić information content (AvgIpc) is 2.60. The first-order valence-electron chi connectivity index (χ1n) is 10.1. The number of unbranched alkanes of at least 4 members (excludes halogenated alkanes) is 9. The molecule has 0 aliphatic heterocycles. The van der Waals surface area contributed by atoms with Crippen molar-refractivity contribution in [3.8, 4) is 6.07 Å². The highest BCUT2D eigenvalue weighted by Crippen LogP contribution is 2.08. The molecular weight excluding hydrogens is 314 g/mol. The first-order chi connectivity index (χ1) is 12.2. The number of nitrogens with one attached hydrogen (secondary N) is 2. The lowest BCUT2D eigenvalue weighted by atomic mass is 10.1. The van der Waals surface area contributed by atoms with E-state index < -0.39 is 6.04 Å². The molecule has 0 radical (unpaired) electrons. The van der Waals surface area contributed by atoms with E-state index in [1.807, 2.05) is 6.07 Å². The number of nitrogens with zero attached hydrogens (tertiary/aromatic N) is 1. The fraction of sp³-hybridized carbons (Fsp3) is 0.850. The summed E-state index contributed by atoms with van der Waals surface area (Å²) < 4.78 is 0. The zero-order chi connectivity index (χ0) is 18.8. The minimum atomic E-state index is -0.728. The van der Waals surface area contributed by atoms with E-state index in [0.29, 0.717) is 13.0 Å². The molecule has 0 aliphatic carbocycles. The van der Waals surface area contributed by atoms with Crippen LogP contribution in [0.1, 0.15) is 97.3 Å². The molecule has 25 heavy (non-hydrogen) atoms. The van der Waals surface area contributed by atoms with Crippen molar-refractivity contribution in [1.82, 2.24) is 10.6 Å². The molecule has 0 aromatic carbocycles. The fourth-order valence-corrected chi connectivity index (χ4v) is 2.70. The van der Waals surface area contributed by atoms with Crippen LogP contribution in [0.15, 0.2) is 0 Å². The number of carbonyl (C=O) groups is 2. The van der Waals surface area contributed by atoms with Gasteiger partial charge in [-0.05, 0) is 12.8 Å². The maximum atomic E-state index is 12.1. The van der Waals surface area contributed by atoms with Gasteiger partial charge in [0.25, 0.3) is 0 Å². The van der Waals surface area contributed by atoms with E-state index in [0.717, 1.165) is 44.9 Å². The Morgan fingerprint density at radius 1 is 0.880 bits per heavy atom. The number of carbonyl (C=O) groups excluding carboxylic acids is 2. The standard InChI is InChI=1S/C20H37N3O2/c1-3-5-7-9-10-11-12-14-19(24)23-18(15-16-21)20(25)22-17-13-8-6-4-2/h18H,3-15,17H2,1-2H3,(H,22,25)(H,23,24). The van der Waals surface area contributed by atoms with Crippen molar-refractivity contribution in [3.05, 3.63) is 0 Å². The Morgan fingerprint density at radius 2 is 1.44 bits per heavy atom. The Balaban J connectivity index is 3.93. The minimum absolute atomic E-state index is 0.0174. The molecule has 0 aliphatic rings. The average molecular weight is 352 g/mol. The quantitative estimate of drug-likeness (QED) is 0.408. The minimum Gasteiger partial charge on any atom is -0.354 e. The van der Waals surface area contributed by atoms with Gasteiger partial charge in [0, 0.05) is 13.0 Å². The van der Waals surface area contributed by atoms with Gasteiger partial charge in [-0.3, -0.25) is 9.59 Å². The summed E-state index contributed by atoms with van der Waals surface area (Å²) in [6, 6.07) is 1.26. The Kier molecular flexibility index (Phi) is 16.2. The molecule has 0 rings (SSSR count). The van der Waals surface area contributed by atoms with Gasteiger partial charge < -0.3 is 10.6 Å². The third-order valence-corrected chi connectivity index (χ3v) is 4.28. The van der Waals surface area contributed by atoms with Crippen LogP contribution in [0.4, 0.5) is 0 Å². The SMILES string of the molecule is CCCCCCCCCC(=O)NC(CC#N)C(=O)NCCCCCC. The first kappa shape index (κ1) is 23.4. The van der Waals surface area contributed by atoms with Crippen LogP contribution in [-0.4, -0.2) is 24.4 Å². The van der Waals surface area contributed by atoms with Crippen molar-refractivity contribution in [2.45, 2.75) is 103 Å². The number of nitriles is 1. The molecular formula is C20H37N3O2. The van der Waals surface area contributed by atoms with Crippen molar-refractivity contribution in [1.29, 1.82) is 5.26 Å². The van der Waals surface area contributed by atoms with Crippen LogP contribution in [0.2, 0.25) is 0 Å². The normalized spacial score (nSPS) is 11.6. The Hall–Kier alpha value is -1.57. The maximum absolute atomic E-state index is 12.1. The van der Waals surface area contributed by atoms with Crippen molar-refractivity contribution in [3.63, 3.8) is 0 Å². The summed E-state index contributed by atoms with van der Waals surface area (Å²) in [7, 11) is 0. The van der Waals surface area contributed by atoms with Gasteiger partial charge in [-0.1, -0.05) is 71.6 Å². The van der Waals surface area contributed by atoms with Gasteiger partial charge in [-0.2, -0.15) is 5.26 Å². The molecule has 2 N–H and O–H groups in total. The van der Waals surface area contributed by atoms with Crippen molar-refractivity contribution in [2.75, 3.05) is 6.54 Å². The van der Waals surface area contributed by atoms with E-state index in [2.05, 4.69) is 24.5 Å². The van der Waals surface area contributed by atoms with E-state index in [1.54, 1.807) is 0 Å². The van der Waals surface area contributed by atoms with Gasteiger partial charge in [-0.25, -0.2) is 0 Å². The van der Waals surface area contributed by atoms with Crippen molar-refractivity contribution >= 4 is 11.8 Å². The fourth-order valence-electron chi connectivity index (χ4n) is 2.70. The van der Waals surface area contributed by atoms with Gasteiger partial charge in [0.05, 0.1) is 12.5 Å². The first-order valence-corrected chi connectivity index (χ1v) is 10.1. The van der Waals surface area contributed by atoms with Gasteiger partial charge in [0.1, 0.15) is 6.04 Å². The molecule has 0 saturated heterocycles. The smallest absolute Gasteiger partial charge is 0.243 e. The van der Waals surface area contributed by atoms with Crippen LogP contribution < -0.4 is 10.6 Å². The van der Waals surface area contributed by atoms with E-state index in [-0.39, 0.29) is 18.2 Å². The third-order valence-electron chi connectivity index (χ3n) is 4.28. The van der Waals surface area contributed by atoms with Crippen LogP contribution in [0, 0.1) is 11.3 Å². The summed E-state index contributed by atoms with van der Waals surface area (Å²) in [4.78, 5) is 24.1. The van der Waals surface area contributed by atoms with Gasteiger partial charge in [-0.15, -0.1) is 0 Å². The summed E-state index contributed by atoms with van der Waals surface area (Å²) >= 11 is 0. The molecule has 0 spiro atoms. The molecule has 5 nitrogen and oxygen atoms in total. The maximum Gasteiger partial charge on any atom is 0.243 e. The molecule has 1 unspecified atom stereocenters. The topological polar surface area (TPSA) is 82.0 Å². The number of rotatable bonds is 16. The lowest BCUT2D eigenvalue weighted by Crippen LogP contribution is -2.46. The number of amides is 2. The molecule has 1 atom stereocenters. The predicted octanol–water partition coefficient (Wildman–Crippen LogP) is 4.22. The van der Waals surface area contributed by atoms with Crippen LogP contribution in [0.25, 0.3) is 0 Å². The zero-order valence-electron chi connectivity index (χ0n) is 16.2. The zero-order valence-corrected chi connectivity index (χ0v) is 16.2. The summed E-state index contributed by atoms with van der Waals surface area (Å²) in [5.41, 5.74) is 0. The largest absolute Gasteiger partial charge is 0.354 e. The highest BCUT2D eigenvalue weighted by Gasteiger charge is 2.19. The van der Waals surface area contributed by atoms with E-state index in [9.17, 15) is 9.59 Å². The van der Waals surface area contributed by atoms with Crippen LogP contribution in [0.3, 0.4) is 0 Å². The van der Waals surface area contributed by atoms with Gasteiger partial charge in [0.15, 0.2) is 0 Å². The molecule has 5 heteroatoms. The molecule has 2 amide bonds. The van der Waals surface area contributed by atoms with Crippen LogP contribution in [-0.2, 0) is 9.59 Å². The van der Waals surface area contributed by atoms with Crippen molar-refractivity contribution < 1.29 is 9.59 Å². The van der Waals surface area contributed by atoms with Crippen molar-refractivity contribution in [2.24, 2.45) is 0 Å². The predicted molar refractivity (Wildman–Crippen MR) is 102 cm³/mol. The second-order valence-electron chi connectivity index (χ2n) is 6.71. The van der Waals surface area contributed by atoms with E-state index in [1.165, 1.54) is 25.7 Å². The third kappa shape index (κ3) is 14.5. The lowest BCUT2D eigenvalue weighted by Gasteiger charge is -2.16. The highest BCUT2D eigenvalue weighted by atomic mass is 16.2. The van der Waals surface area contributed by atoms with E-state index >= 15 is 0 Å². The Labute approximate surface area is 153 Å². The molecule has 0 fully saturated rings. The molecule has 0 aromatic rings. The summed E-state index contributed by atoms with van der Waals surface area (Å²) in [5, 5.41) is 14.4. The Bertz CT molecular complexity index is 391. The second kappa shape index (κ2) is 17.3. The highest BCUT2D eigenvalue weighted by molar-refractivity contribution is 5.87. The molecule has 0 heterocycles. The van der Waals surface area contributed by atoms with Gasteiger partial charge >= 0.3 is 0 Å². The van der Waals surface area contributed by atoms with E-state index in [4.69, 9.17) is 5.26 Å². The Morgan fingerprint density at radius 3 is 2.04 bits per heavy atom. The lowest BCUT2D eigenvalue weighted by molar-refractivity contribution is -0.129. The molecule has 0 aromatic heterocycles. The summed E-state index contributed by atoms with van der Waals surface area (Å²) in [6.45, 7) is 4.94. The molecule has 0 bridgehead atoms. The summed E-state index contributed by atoms with van der Waals surface area (Å²) in [5.74, 6) is -0.374. The monoisotopic (exact) mass is 351 g/mol. The number of hydrogen-bond acceptors (Lipinski definition) is 3. The summed E-state index contributed by atoms with van der Waals surface area (Å²) in [6.07, 6.45) is 12.8. The van der Waals surface area contributed by atoms with Gasteiger partial charge in [0.2, 0.25) is 11.8 Å². The number of hydrogen-bond donors (Lipinski definition) is 2.